The van der Waals surface area contributed by atoms with Gasteiger partial charge in [-0.3, -0.25) is 0 Å². The van der Waals surface area contributed by atoms with E-state index >= 15 is 0 Å². The van der Waals surface area contributed by atoms with E-state index in [0.29, 0.717) is 16.2 Å². The molecule has 0 amide bonds. The first-order valence-corrected chi connectivity index (χ1v) is 0.866. The van der Waals surface area contributed by atoms with E-state index in [4.69, 9.17) is 3.80 Å². The summed E-state index contributed by atoms with van der Waals surface area (Å²) in [6.07, 6.45) is 0. The van der Waals surface area contributed by atoms with Gasteiger partial charge in [-0.2, -0.15) is 0 Å². The molecule has 0 aromatic heterocycles. The standard InChI is InChI=1S/Al.Ca.O.Zn.3H. The van der Waals surface area contributed by atoms with Crippen molar-refractivity contribution in [3.63, 3.8) is 0 Å². The van der Waals surface area contributed by atoms with Crippen LogP contribution in [-0.4, -0.2) is 54.0 Å². The molecule has 0 spiro atoms. The van der Waals surface area contributed by atoms with Gasteiger partial charge in [0.1, 0.15) is 0 Å². The summed E-state index contributed by atoms with van der Waals surface area (Å²) < 4.78 is 8.28. The van der Waals surface area contributed by atoms with Crippen molar-refractivity contribution in [2.75, 3.05) is 0 Å². The van der Waals surface area contributed by atoms with Crippen LogP contribution in [-0.2, 0) is 23.3 Å². The minimum atomic E-state index is 0. The first-order valence-electron chi connectivity index (χ1n) is 0.289. The zero-order valence-electron chi connectivity index (χ0n) is 1.82. The quantitative estimate of drug-likeness (QED) is 0.378. The van der Waals surface area contributed by atoms with E-state index in [1.165, 1.54) is 0 Å². The Morgan fingerprint density at radius 1 is 1.25 bits per heavy atom. The summed E-state index contributed by atoms with van der Waals surface area (Å²) in [5, 5.41) is 0. The van der Waals surface area contributed by atoms with E-state index in [0.717, 1.165) is 0 Å². The molecule has 16 valence electrons. The molecule has 0 radical (unpaired) electrons. The van der Waals surface area contributed by atoms with Crippen molar-refractivity contribution >= 4 is 54.0 Å². The SMILES string of the molecule is [CaH2].[O]=[AlH].[Zn]. The maximum atomic E-state index is 8.28. The fourth-order valence-corrected chi connectivity index (χ4v) is 0. The fraction of sp³-hybridized carbons (Fsp3) is 0. The predicted molar refractivity (Wildman–Crippen MR) is 16.4 cm³/mol. The Morgan fingerprint density at radius 3 is 1.25 bits per heavy atom. The van der Waals surface area contributed by atoms with Crippen LogP contribution in [0.2, 0.25) is 0 Å². The van der Waals surface area contributed by atoms with Crippen molar-refractivity contribution < 1.29 is 23.3 Å². The average molecular weight is 151 g/mol. The second-order valence-corrected chi connectivity index (χ2v) is 0. The first-order chi connectivity index (χ1) is 1.00. The molecule has 0 aliphatic carbocycles. The molecule has 0 N–H and O–H groups in total. The van der Waals surface area contributed by atoms with Crippen molar-refractivity contribution in [1.82, 2.24) is 0 Å². The first kappa shape index (κ1) is 16.4. The molecule has 0 saturated carbocycles. The molecule has 0 atom stereocenters. The Labute approximate surface area is 75.9 Å². The minimum absolute atomic E-state index is 0. The third-order valence-corrected chi connectivity index (χ3v) is 0. The molecule has 0 saturated heterocycles. The third-order valence-electron chi connectivity index (χ3n) is 0. The minimum Gasteiger partial charge on any atom is 0 e. The number of rotatable bonds is 0. The van der Waals surface area contributed by atoms with Crippen LogP contribution in [0.3, 0.4) is 0 Å². The smallest absolute Gasteiger partial charge is 0 e. The molecular weight excluding hydrogens is 148 g/mol. The van der Waals surface area contributed by atoms with Crippen LogP contribution in [0.5, 0.6) is 0 Å². The molecule has 0 fully saturated rings. The van der Waals surface area contributed by atoms with Crippen LogP contribution >= 0.6 is 0 Å². The monoisotopic (exact) mass is 150 g/mol. The maximum Gasteiger partial charge on any atom is 0 e. The van der Waals surface area contributed by atoms with Gasteiger partial charge in [0.2, 0.25) is 0 Å². The molecule has 0 aliphatic heterocycles. The van der Waals surface area contributed by atoms with Crippen molar-refractivity contribution in [3.05, 3.63) is 0 Å². The Hall–Kier alpha value is 2.22. The van der Waals surface area contributed by atoms with Gasteiger partial charge in [-0.1, -0.05) is 0 Å². The normalized spacial score (nSPS) is 0.750. The van der Waals surface area contributed by atoms with Gasteiger partial charge in [0.05, 0.1) is 0 Å². The van der Waals surface area contributed by atoms with Crippen molar-refractivity contribution in [2.24, 2.45) is 0 Å². The number of hydrogen-bond acceptors (Lipinski definition) is 1. The van der Waals surface area contributed by atoms with Crippen LogP contribution < -0.4 is 0 Å². The van der Waals surface area contributed by atoms with E-state index in [1.54, 1.807) is 0 Å². The average Bonchev–Trinajstić information content (AvgIpc) is 1.00. The molecule has 4 heavy (non-hydrogen) atoms. The van der Waals surface area contributed by atoms with Gasteiger partial charge in [0.15, 0.2) is 0 Å². The van der Waals surface area contributed by atoms with E-state index < -0.39 is 0 Å². The summed E-state index contributed by atoms with van der Waals surface area (Å²) in [6.45, 7) is 0. The molecule has 0 unspecified atom stereocenters. The van der Waals surface area contributed by atoms with E-state index in [2.05, 4.69) is 0 Å². The molecule has 1 nitrogen and oxygen atoms in total. The van der Waals surface area contributed by atoms with Gasteiger partial charge in [-0.05, 0) is 0 Å². The predicted octanol–water partition coefficient (Wildman–Crippen LogP) is -1.69. The van der Waals surface area contributed by atoms with Crippen LogP contribution in [0.1, 0.15) is 0 Å². The maximum absolute atomic E-state index is 8.28. The van der Waals surface area contributed by atoms with E-state index in [1.807, 2.05) is 0 Å². The van der Waals surface area contributed by atoms with Crippen molar-refractivity contribution in [1.29, 1.82) is 0 Å². The second kappa shape index (κ2) is 18.9. The molecule has 0 rings (SSSR count). The molecule has 0 aromatic carbocycles. The summed E-state index contributed by atoms with van der Waals surface area (Å²) >= 11 is 0.611. The molecular formula is H3AlCaOZn. The summed E-state index contributed by atoms with van der Waals surface area (Å²) in [4.78, 5) is 0. The Balaban J connectivity index is -0.00000000500. The molecule has 0 heterocycles. The zero-order chi connectivity index (χ0) is 2.00. The van der Waals surface area contributed by atoms with Gasteiger partial charge >= 0.3 is 57.8 Å². The van der Waals surface area contributed by atoms with E-state index in [9.17, 15) is 0 Å². The zero-order valence-corrected chi connectivity index (χ0v) is 6.20. The fourth-order valence-electron chi connectivity index (χ4n) is 0. The number of hydrogen-bond donors (Lipinski definition) is 0. The van der Waals surface area contributed by atoms with Gasteiger partial charge in [0, 0.05) is 19.5 Å². The summed E-state index contributed by atoms with van der Waals surface area (Å²) in [5.74, 6) is 0. The Kier molecular flexibility index (Phi) is 77.2. The molecule has 0 aliphatic rings. The summed E-state index contributed by atoms with van der Waals surface area (Å²) in [7, 11) is 0. The van der Waals surface area contributed by atoms with Gasteiger partial charge in [0.25, 0.3) is 0 Å². The molecule has 0 bridgehead atoms. The Morgan fingerprint density at radius 2 is 1.25 bits per heavy atom. The topological polar surface area (TPSA) is 17.1 Å². The van der Waals surface area contributed by atoms with Gasteiger partial charge < -0.3 is 0 Å². The van der Waals surface area contributed by atoms with Crippen LogP contribution in [0.25, 0.3) is 0 Å². The van der Waals surface area contributed by atoms with Crippen molar-refractivity contribution in [3.8, 4) is 0 Å². The molecule has 4 heteroatoms. The van der Waals surface area contributed by atoms with E-state index in [-0.39, 0.29) is 57.2 Å². The van der Waals surface area contributed by atoms with Crippen LogP contribution in [0.4, 0.5) is 0 Å². The Bertz CT molecular complexity index is 8.00. The van der Waals surface area contributed by atoms with Crippen LogP contribution in [0.15, 0.2) is 0 Å². The molecule has 0 aromatic rings. The van der Waals surface area contributed by atoms with Crippen molar-refractivity contribution in [2.45, 2.75) is 0 Å². The second-order valence-electron chi connectivity index (χ2n) is 0. The van der Waals surface area contributed by atoms with Gasteiger partial charge in [-0.25, -0.2) is 0 Å². The van der Waals surface area contributed by atoms with Crippen LogP contribution in [0, 0.1) is 0 Å². The third kappa shape index (κ3) is 8.88. The largest absolute Gasteiger partial charge is 0 e. The van der Waals surface area contributed by atoms with Gasteiger partial charge in [-0.15, -0.1) is 0 Å². The summed E-state index contributed by atoms with van der Waals surface area (Å²) in [6, 6.07) is 0. The summed E-state index contributed by atoms with van der Waals surface area (Å²) in [5.41, 5.74) is 0.